The summed E-state index contributed by atoms with van der Waals surface area (Å²) in [5, 5.41) is 8.75. The number of hydrogen-bond donors (Lipinski definition) is 2. The van der Waals surface area contributed by atoms with Crippen LogP contribution in [0.25, 0.3) is 22.3 Å². The zero-order valence-electron chi connectivity index (χ0n) is 7.79. The van der Waals surface area contributed by atoms with E-state index in [4.69, 9.17) is 11.6 Å². The normalized spacial score (nSPS) is 11.0. The highest BCUT2D eigenvalue weighted by Gasteiger charge is 2.04. The molecule has 74 valence electrons. The Morgan fingerprint density at radius 3 is 2.87 bits per heavy atom. The van der Waals surface area contributed by atoms with Crippen LogP contribution in [0, 0.1) is 0 Å². The summed E-state index contributed by atoms with van der Waals surface area (Å²) >= 11 is 5.92. The smallest absolute Gasteiger partial charge is 0.108 e. The Morgan fingerprint density at radius 1 is 1.13 bits per heavy atom. The van der Waals surface area contributed by atoms with E-state index in [0.29, 0.717) is 0 Å². The average molecular weight is 218 g/mol. The van der Waals surface area contributed by atoms with Crippen molar-refractivity contribution in [3.8, 4) is 11.4 Å². The molecule has 2 N–H and O–H groups in total. The summed E-state index contributed by atoms with van der Waals surface area (Å²) in [6.45, 7) is 0. The van der Waals surface area contributed by atoms with E-state index >= 15 is 0 Å². The van der Waals surface area contributed by atoms with Crippen molar-refractivity contribution in [2.24, 2.45) is 0 Å². The van der Waals surface area contributed by atoms with E-state index in [1.807, 2.05) is 30.3 Å². The van der Waals surface area contributed by atoms with Crippen molar-refractivity contribution in [2.75, 3.05) is 0 Å². The fourth-order valence-corrected chi connectivity index (χ4v) is 1.83. The van der Waals surface area contributed by atoms with Gasteiger partial charge >= 0.3 is 0 Å². The Balaban J connectivity index is 2.22. The van der Waals surface area contributed by atoms with Gasteiger partial charge in [0.15, 0.2) is 0 Å². The molecule has 3 nitrogen and oxygen atoms in total. The zero-order valence-corrected chi connectivity index (χ0v) is 8.55. The van der Waals surface area contributed by atoms with E-state index in [1.54, 1.807) is 6.20 Å². The lowest BCUT2D eigenvalue weighted by Gasteiger charge is -1.89. The van der Waals surface area contributed by atoms with Gasteiger partial charge in [-0.1, -0.05) is 11.6 Å². The third-order valence-corrected chi connectivity index (χ3v) is 2.59. The number of aromatic nitrogens is 3. The van der Waals surface area contributed by atoms with E-state index in [9.17, 15) is 0 Å². The Hall–Kier alpha value is -1.74. The van der Waals surface area contributed by atoms with E-state index in [-0.39, 0.29) is 0 Å². The molecule has 0 fully saturated rings. The molecule has 0 radical (unpaired) electrons. The highest BCUT2D eigenvalue weighted by atomic mass is 35.5. The zero-order chi connectivity index (χ0) is 10.3. The van der Waals surface area contributed by atoms with Crippen molar-refractivity contribution in [3.05, 3.63) is 41.6 Å². The molecule has 0 aliphatic heterocycles. The fraction of sp³-hybridized carbons (Fsp3) is 0. The highest BCUT2D eigenvalue weighted by molar-refractivity contribution is 6.31. The number of hydrogen-bond acceptors (Lipinski definition) is 1. The van der Waals surface area contributed by atoms with Gasteiger partial charge in [-0.25, -0.2) is 0 Å². The van der Waals surface area contributed by atoms with Gasteiger partial charge in [-0.15, -0.1) is 0 Å². The molecule has 2 aromatic heterocycles. The maximum absolute atomic E-state index is 5.92. The largest absolute Gasteiger partial charge is 0.353 e. The fourth-order valence-electron chi connectivity index (χ4n) is 1.65. The molecule has 0 amide bonds. The predicted molar refractivity (Wildman–Crippen MR) is 60.9 cm³/mol. The number of halogens is 1. The molecule has 0 saturated carbocycles. The van der Waals surface area contributed by atoms with Gasteiger partial charge in [0.05, 0.1) is 5.69 Å². The van der Waals surface area contributed by atoms with Crippen molar-refractivity contribution >= 4 is 22.5 Å². The maximum atomic E-state index is 5.92. The van der Waals surface area contributed by atoms with Crippen LogP contribution in [0.5, 0.6) is 0 Å². The van der Waals surface area contributed by atoms with Gasteiger partial charge in [0.25, 0.3) is 0 Å². The van der Waals surface area contributed by atoms with Gasteiger partial charge in [-0.3, -0.25) is 5.10 Å². The predicted octanol–water partition coefficient (Wildman–Crippen LogP) is 3.21. The summed E-state index contributed by atoms with van der Waals surface area (Å²) in [7, 11) is 0. The van der Waals surface area contributed by atoms with Crippen molar-refractivity contribution in [1.82, 2.24) is 15.2 Å². The number of nitrogens with zero attached hydrogens (tertiary/aromatic N) is 1. The number of H-pyrrole nitrogens is 2. The van der Waals surface area contributed by atoms with Crippen LogP contribution in [0.2, 0.25) is 5.02 Å². The van der Waals surface area contributed by atoms with Crippen LogP contribution >= 0.6 is 11.6 Å². The first-order valence-electron chi connectivity index (χ1n) is 4.61. The molecule has 0 aliphatic carbocycles. The van der Waals surface area contributed by atoms with Gasteiger partial charge in [0.1, 0.15) is 5.69 Å². The lowest BCUT2D eigenvalue weighted by molar-refractivity contribution is 1.09. The molecule has 4 heteroatoms. The summed E-state index contributed by atoms with van der Waals surface area (Å²) in [5.41, 5.74) is 2.97. The van der Waals surface area contributed by atoms with E-state index in [1.165, 1.54) is 0 Å². The van der Waals surface area contributed by atoms with Gasteiger partial charge < -0.3 is 4.98 Å². The Labute approximate surface area is 91.1 Å². The molecule has 3 aromatic rings. The number of fused-ring (bicyclic) bond motifs is 1. The van der Waals surface area contributed by atoms with Gasteiger partial charge in [-0.2, -0.15) is 5.10 Å². The molecule has 0 unspecified atom stereocenters. The minimum Gasteiger partial charge on any atom is -0.353 e. The highest BCUT2D eigenvalue weighted by Crippen LogP contribution is 2.24. The van der Waals surface area contributed by atoms with Crippen molar-refractivity contribution in [1.29, 1.82) is 0 Å². The Kier molecular flexibility index (Phi) is 1.79. The summed E-state index contributed by atoms with van der Waals surface area (Å²) in [6.07, 6.45) is 1.80. The molecule has 3 rings (SSSR count). The third kappa shape index (κ3) is 1.41. The quantitative estimate of drug-likeness (QED) is 0.646. The topological polar surface area (TPSA) is 44.5 Å². The molecule has 0 atom stereocenters. The number of aromatic amines is 2. The number of benzene rings is 1. The van der Waals surface area contributed by atoms with E-state index in [0.717, 1.165) is 27.3 Å². The minimum absolute atomic E-state index is 0.745. The van der Waals surface area contributed by atoms with Crippen molar-refractivity contribution in [2.45, 2.75) is 0 Å². The summed E-state index contributed by atoms with van der Waals surface area (Å²) < 4.78 is 0. The first-order chi connectivity index (χ1) is 7.33. The second-order valence-corrected chi connectivity index (χ2v) is 3.81. The molecular weight excluding hydrogens is 210 g/mol. The lowest BCUT2D eigenvalue weighted by Crippen LogP contribution is -1.75. The minimum atomic E-state index is 0.745. The SMILES string of the molecule is Clc1ccc2[nH]c(-c3cc[nH]n3)cc2c1. The molecule has 0 bridgehead atoms. The van der Waals surface area contributed by atoms with Crippen LogP contribution in [0.1, 0.15) is 0 Å². The third-order valence-electron chi connectivity index (χ3n) is 2.36. The van der Waals surface area contributed by atoms with Gasteiger partial charge in [0, 0.05) is 22.1 Å². The molecular formula is C11H8ClN3. The maximum Gasteiger partial charge on any atom is 0.108 e. The van der Waals surface area contributed by atoms with Crippen molar-refractivity contribution < 1.29 is 0 Å². The summed E-state index contributed by atoms with van der Waals surface area (Å²) in [4.78, 5) is 3.28. The monoisotopic (exact) mass is 217 g/mol. The van der Waals surface area contributed by atoms with E-state index in [2.05, 4.69) is 15.2 Å². The van der Waals surface area contributed by atoms with Crippen LogP contribution < -0.4 is 0 Å². The molecule has 15 heavy (non-hydrogen) atoms. The molecule has 0 aliphatic rings. The lowest BCUT2D eigenvalue weighted by atomic mass is 10.2. The average Bonchev–Trinajstić information content (AvgIpc) is 2.84. The second-order valence-electron chi connectivity index (χ2n) is 3.37. The van der Waals surface area contributed by atoms with Crippen LogP contribution in [0.15, 0.2) is 36.5 Å². The molecule has 0 spiro atoms. The molecule has 2 heterocycles. The van der Waals surface area contributed by atoms with Crippen LogP contribution in [0.4, 0.5) is 0 Å². The van der Waals surface area contributed by atoms with Crippen LogP contribution in [-0.4, -0.2) is 15.2 Å². The Morgan fingerprint density at radius 2 is 2.07 bits per heavy atom. The summed E-state index contributed by atoms with van der Waals surface area (Å²) in [6, 6.07) is 9.73. The standard InChI is InChI=1S/C11H8ClN3/c12-8-1-2-9-7(5-8)6-11(14-9)10-3-4-13-15-10/h1-6,14H,(H,13,15). The van der Waals surface area contributed by atoms with Crippen molar-refractivity contribution in [3.63, 3.8) is 0 Å². The first-order valence-corrected chi connectivity index (χ1v) is 4.99. The van der Waals surface area contributed by atoms with Crippen LogP contribution in [0.3, 0.4) is 0 Å². The molecule has 1 aromatic carbocycles. The Bertz CT molecular complexity index is 595. The van der Waals surface area contributed by atoms with Crippen LogP contribution in [-0.2, 0) is 0 Å². The molecule has 0 saturated heterocycles. The summed E-state index contributed by atoms with van der Waals surface area (Å²) in [5.74, 6) is 0. The van der Waals surface area contributed by atoms with E-state index < -0.39 is 0 Å². The van der Waals surface area contributed by atoms with Gasteiger partial charge in [-0.05, 0) is 30.3 Å². The number of nitrogens with one attached hydrogen (secondary N) is 2. The van der Waals surface area contributed by atoms with Gasteiger partial charge in [0.2, 0.25) is 0 Å². The first kappa shape index (κ1) is 8.56. The number of rotatable bonds is 1. The second kappa shape index (κ2) is 3.14.